The number of rotatable bonds is 8. The summed E-state index contributed by atoms with van der Waals surface area (Å²) in [5.41, 5.74) is 0. The van der Waals surface area contributed by atoms with Gasteiger partial charge >= 0.3 is 0 Å². The molecule has 21 heavy (non-hydrogen) atoms. The molecule has 1 heterocycles. The Labute approximate surface area is 129 Å². The predicted octanol–water partition coefficient (Wildman–Crippen LogP) is 1.62. The zero-order valence-corrected chi connectivity index (χ0v) is 14.3. The molecule has 5 nitrogen and oxygen atoms in total. The van der Waals surface area contributed by atoms with Crippen LogP contribution in [0.15, 0.2) is 0 Å². The molecule has 0 radical (unpaired) electrons. The van der Waals surface area contributed by atoms with Gasteiger partial charge in [0.15, 0.2) is 0 Å². The van der Waals surface area contributed by atoms with Gasteiger partial charge in [0, 0.05) is 31.2 Å². The van der Waals surface area contributed by atoms with Crippen molar-refractivity contribution in [1.82, 2.24) is 15.1 Å². The monoisotopic (exact) mass is 297 g/mol. The minimum atomic E-state index is -0.340. The van der Waals surface area contributed by atoms with Crippen LogP contribution in [0.2, 0.25) is 0 Å². The van der Waals surface area contributed by atoms with E-state index in [2.05, 4.69) is 37.9 Å². The highest BCUT2D eigenvalue weighted by Crippen LogP contribution is 2.17. The van der Waals surface area contributed by atoms with Crippen LogP contribution in [0.5, 0.6) is 0 Å². The number of hydrogen-bond donors (Lipinski definition) is 1. The van der Waals surface area contributed by atoms with E-state index < -0.39 is 0 Å². The van der Waals surface area contributed by atoms with Crippen LogP contribution in [0.25, 0.3) is 0 Å². The summed E-state index contributed by atoms with van der Waals surface area (Å²) in [4.78, 5) is 28.1. The Morgan fingerprint density at radius 3 is 2.24 bits per heavy atom. The summed E-state index contributed by atoms with van der Waals surface area (Å²) in [5, 5.41) is 3.26. The van der Waals surface area contributed by atoms with Gasteiger partial charge in [-0.2, -0.15) is 0 Å². The third kappa shape index (κ3) is 4.51. The first-order valence-corrected chi connectivity index (χ1v) is 8.14. The second-order valence-electron chi connectivity index (χ2n) is 6.50. The molecule has 0 aliphatic carbocycles. The average molecular weight is 297 g/mol. The summed E-state index contributed by atoms with van der Waals surface area (Å²) < 4.78 is 0. The number of hydrogen-bond acceptors (Lipinski definition) is 4. The molecule has 0 spiro atoms. The van der Waals surface area contributed by atoms with E-state index in [-0.39, 0.29) is 23.9 Å². The van der Waals surface area contributed by atoms with E-state index in [1.165, 1.54) is 4.90 Å². The van der Waals surface area contributed by atoms with Gasteiger partial charge in [-0.25, -0.2) is 0 Å². The normalized spacial score (nSPS) is 21.2. The van der Waals surface area contributed by atoms with Gasteiger partial charge in [-0.1, -0.05) is 6.92 Å². The minimum absolute atomic E-state index is 0.000346. The molecule has 1 fully saturated rings. The van der Waals surface area contributed by atoms with Crippen LogP contribution >= 0.6 is 0 Å². The molecule has 0 aromatic carbocycles. The van der Waals surface area contributed by atoms with E-state index >= 15 is 0 Å². The van der Waals surface area contributed by atoms with Gasteiger partial charge in [-0.05, 0) is 41.0 Å². The third-order valence-electron chi connectivity index (χ3n) is 4.30. The second-order valence-corrected chi connectivity index (χ2v) is 6.50. The number of imide groups is 1. The van der Waals surface area contributed by atoms with Crippen molar-refractivity contribution in [3.8, 4) is 0 Å². The molecule has 5 heteroatoms. The van der Waals surface area contributed by atoms with E-state index in [4.69, 9.17) is 0 Å². The first-order valence-electron chi connectivity index (χ1n) is 8.14. The highest BCUT2D eigenvalue weighted by atomic mass is 16.2. The standard InChI is InChI=1S/C16H31N3O2/c1-7-13(6)19-15(20)10-14(16(19)21)17-8-9-18(11(2)3)12(4)5/h11-14,17H,7-10H2,1-6H3. The van der Waals surface area contributed by atoms with Crippen molar-refractivity contribution in [3.63, 3.8) is 0 Å². The van der Waals surface area contributed by atoms with E-state index in [1.807, 2.05) is 13.8 Å². The van der Waals surface area contributed by atoms with E-state index in [9.17, 15) is 9.59 Å². The molecule has 122 valence electrons. The van der Waals surface area contributed by atoms with Gasteiger partial charge in [0.1, 0.15) is 0 Å². The van der Waals surface area contributed by atoms with Gasteiger partial charge in [0.2, 0.25) is 11.8 Å². The van der Waals surface area contributed by atoms with Crippen molar-refractivity contribution >= 4 is 11.8 Å². The maximum Gasteiger partial charge on any atom is 0.247 e. The van der Waals surface area contributed by atoms with Crippen molar-refractivity contribution in [1.29, 1.82) is 0 Å². The molecule has 0 aromatic rings. The lowest BCUT2D eigenvalue weighted by atomic mass is 10.2. The van der Waals surface area contributed by atoms with Crippen LogP contribution in [0, 0.1) is 0 Å². The highest BCUT2D eigenvalue weighted by molar-refractivity contribution is 6.05. The second kappa shape index (κ2) is 7.90. The number of nitrogens with one attached hydrogen (secondary N) is 1. The van der Waals surface area contributed by atoms with Crippen LogP contribution in [-0.4, -0.2) is 58.9 Å². The van der Waals surface area contributed by atoms with Crippen molar-refractivity contribution in [2.45, 2.75) is 78.6 Å². The van der Waals surface area contributed by atoms with E-state index in [0.717, 1.165) is 19.5 Å². The topological polar surface area (TPSA) is 52.7 Å². The molecule has 2 atom stereocenters. The molecule has 0 aromatic heterocycles. The average Bonchev–Trinajstić information content (AvgIpc) is 2.68. The third-order valence-corrected chi connectivity index (χ3v) is 4.30. The summed E-state index contributed by atoms with van der Waals surface area (Å²) in [5.74, 6) is -0.105. The van der Waals surface area contributed by atoms with E-state index in [0.29, 0.717) is 18.5 Å². The fraction of sp³-hybridized carbons (Fsp3) is 0.875. The molecule has 2 unspecified atom stereocenters. The zero-order valence-electron chi connectivity index (χ0n) is 14.3. The Kier molecular flexibility index (Phi) is 6.81. The molecular weight excluding hydrogens is 266 g/mol. The summed E-state index contributed by atoms with van der Waals surface area (Å²) in [6.45, 7) is 14.2. The number of carbonyl (C=O) groups excluding carboxylic acids is 2. The quantitative estimate of drug-likeness (QED) is 0.692. The lowest BCUT2D eigenvalue weighted by Gasteiger charge is -2.30. The number of amides is 2. The maximum atomic E-state index is 12.3. The fourth-order valence-corrected chi connectivity index (χ4v) is 2.94. The van der Waals surface area contributed by atoms with Gasteiger partial charge in [0.05, 0.1) is 12.5 Å². The number of likely N-dealkylation sites (tertiary alicyclic amines) is 1. The largest absolute Gasteiger partial charge is 0.304 e. The Morgan fingerprint density at radius 1 is 1.19 bits per heavy atom. The number of carbonyl (C=O) groups is 2. The van der Waals surface area contributed by atoms with Gasteiger partial charge in [0.25, 0.3) is 0 Å². The predicted molar refractivity (Wildman–Crippen MR) is 85.0 cm³/mol. The van der Waals surface area contributed by atoms with Gasteiger partial charge in [-0.3, -0.25) is 19.4 Å². The molecule has 0 saturated carbocycles. The molecule has 0 bridgehead atoms. The lowest BCUT2D eigenvalue weighted by molar-refractivity contribution is -0.141. The summed E-state index contributed by atoms with van der Waals surface area (Å²) >= 11 is 0. The van der Waals surface area contributed by atoms with Crippen LogP contribution < -0.4 is 5.32 Å². The minimum Gasteiger partial charge on any atom is -0.304 e. The molecule has 1 aliphatic heterocycles. The molecule has 1 rings (SSSR count). The SMILES string of the molecule is CCC(C)N1C(=O)CC(NCCN(C(C)C)C(C)C)C1=O. The highest BCUT2D eigenvalue weighted by Gasteiger charge is 2.40. The summed E-state index contributed by atoms with van der Waals surface area (Å²) in [7, 11) is 0. The van der Waals surface area contributed by atoms with Crippen LogP contribution in [0.3, 0.4) is 0 Å². The lowest BCUT2D eigenvalue weighted by Crippen LogP contribution is -2.46. The van der Waals surface area contributed by atoms with Gasteiger partial charge < -0.3 is 5.32 Å². The Bertz CT molecular complexity index is 361. The molecule has 2 amide bonds. The Hall–Kier alpha value is -0.940. The fourth-order valence-electron chi connectivity index (χ4n) is 2.94. The maximum absolute atomic E-state index is 12.3. The van der Waals surface area contributed by atoms with E-state index in [1.54, 1.807) is 0 Å². The Balaban J connectivity index is 2.50. The van der Waals surface area contributed by atoms with Gasteiger partial charge in [-0.15, -0.1) is 0 Å². The first kappa shape index (κ1) is 18.1. The number of nitrogens with zero attached hydrogens (tertiary/aromatic N) is 2. The molecule has 1 aliphatic rings. The van der Waals surface area contributed by atoms with Crippen LogP contribution in [-0.2, 0) is 9.59 Å². The van der Waals surface area contributed by atoms with Crippen molar-refractivity contribution in [2.75, 3.05) is 13.1 Å². The van der Waals surface area contributed by atoms with Crippen LogP contribution in [0.4, 0.5) is 0 Å². The zero-order chi connectivity index (χ0) is 16.2. The smallest absolute Gasteiger partial charge is 0.247 e. The van der Waals surface area contributed by atoms with Crippen molar-refractivity contribution < 1.29 is 9.59 Å². The molecule has 1 saturated heterocycles. The summed E-state index contributed by atoms with van der Waals surface area (Å²) in [6, 6.07) is 0.612. The van der Waals surface area contributed by atoms with Crippen LogP contribution in [0.1, 0.15) is 54.4 Å². The van der Waals surface area contributed by atoms with Crippen molar-refractivity contribution in [3.05, 3.63) is 0 Å². The summed E-state index contributed by atoms with van der Waals surface area (Å²) in [6.07, 6.45) is 1.10. The first-order chi connectivity index (χ1) is 9.79. The van der Waals surface area contributed by atoms with Crippen molar-refractivity contribution in [2.24, 2.45) is 0 Å². The molecular formula is C16H31N3O2. The molecule has 1 N–H and O–H groups in total. The Morgan fingerprint density at radius 2 is 1.76 bits per heavy atom.